The number of anilines is 1. The van der Waals surface area contributed by atoms with Crippen LogP contribution in [0.3, 0.4) is 0 Å². The highest BCUT2D eigenvalue weighted by atomic mass is 32.1. The number of para-hydroxylation sites is 1. The number of nitrogens with zero attached hydrogens (tertiary/aromatic N) is 6. The number of carboxylic acids is 2. The number of fused-ring (bicyclic) bond motifs is 4. The Morgan fingerprint density at radius 3 is 2.29 bits per heavy atom. The van der Waals surface area contributed by atoms with Gasteiger partial charge in [-0.3, -0.25) is 39.1 Å². The van der Waals surface area contributed by atoms with Crippen molar-refractivity contribution in [1.82, 2.24) is 40.3 Å². The summed E-state index contributed by atoms with van der Waals surface area (Å²) in [7, 11) is 0. The Labute approximate surface area is 610 Å². The van der Waals surface area contributed by atoms with Crippen LogP contribution < -0.4 is 20.7 Å². The molecule has 3 aromatic carbocycles. The molecule has 1 saturated heterocycles. The van der Waals surface area contributed by atoms with Crippen LogP contribution in [0.15, 0.2) is 103 Å². The van der Waals surface area contributed by atoms with Crippen LogP contribution in [0.4, 0.5) is 9.93 Å². The molecule has 7 aromatic rings. The summed E-state index contributed by atoms with van der Waals surface area (Å²) in [5.74, 6) is -3.82. The first-order chi connectivity index (χ1) is 50.6. The number of aliphatic hydroxyl groups is 3. The number of carbonyl (C=O) groups excluding carboxylic acids is 5. The van der Waals surface area contributed by atoms with Gasteiger partial charge in [0.2, 0.25) is 12.2 Å². The first kappa shape index (κ1) is 76.9. The molecule has 5 amide bonds. The largest absolute Gasteiger partial charge is 0.479 e. The van der Waals surface area contributed by atoms with E-state index >= 15 is 0 Å². The van der Waals surface area contributed by atoms with Crippen molar-refractivity contribution in [1.29, 1.82) is 0 Å². The fourth-order valence-electron chi connectivity index (χ4n) is 15.1. The van der Waals surface area contributed by atoms with Gasteiger partial charge in [-0.1, -0.05) is 68.7 Å². The number of aryl methyl sites for hydroxylation is 1. The maximum absolute atomic E-state index is 13.8. The summed E-state index contributed by atoms with van der Waals surface area (Å²) >= 11 is 1.37. The molecule has 8 N–H and O–H groups in total. The predicted molar refractivity (Wildman–Crippen MR) is 385 cm³/mol. The van der Waals surface area contributed by atoms with Gasteiger partial charge in [-0.25, -0.2) is 24.4 Å². The minimum absolute atomic E-state index is 0.0606. The molecule has 3 unspecified atom stereocenters. The van der Waals surface area contributed by atoms with Crippen LogP contribution in [-0.2, 0) is 67.2 Å². The molecule has 29 heteroatoms. The number of thiazole rings is 1. The number of carbonyl (C=O) groups is 7. The monoisotopic (exact) mass is 1470 g/mol. The van der Waals surface area contributed by atoms with Gasteiger partial charge in [-0.05, 0) is 142 Å². The van der Waals surface area contributed by atoms with Crippen LogP contribution in [-0.4, -0.2) is 199 Å². The lowest BCUT2D eigenvalue weighted by Crippen LogP contribution is -2.61. The highest BCUT2D eigenvalue weighted by Gasteiger charge is 2.55. The number of aromatic nitrogens is 5. The standard InChI is InChI=1S/C76H91N9O19S/c1-4-25-76(44-74(3)26-12-27-75(43-74,45-76)46-85-47(2)54(41-80-85)51-20-21-55(81-63(51)69(93)94)49-39-53-52(14-10-16-56(53)79-40-49)68(92)83-72-82-57-15-7-8-17-59(57)105-72)102-33-29-78-73(97)101-42-50-38-48(19-22-58(50)103-71-66(91)64(89)65(90)67(104-71)70(95)96)13-11-31-98-34-36-100-37-35-99-32-28-77-60(86)18-6-5-9-30-84-61(87)23-24-62(84)88/h7-8,10,14-17,19-24,38-41,64-67,71,89-91H,4-6,9,11-13,18,25-37,42-46H2,1-3H3,(H,77,86)(H,78,97)(H,93,94)(H,95,96)(H,82,83,92)/t64-,65-,66+,67-,71+,74?,75?,76?/m0/s1. The van der Waals surface area contributed by atoms with E-state index in [0.717, 1.165) is 72.8 Å². The van der Waals surface area contributed by atoms with Crippen molar-refractivity contribution < 1.29 is 92.3 Å². The first-order valence-electron chi connectivity index (χ1n) is 35.7. The average molecular weight is 1470 g/mol. The number of aliphatic carboxylic acids is 1. The maximum Gasteiger partial charge on any atom is 0.407 e. The molecule has 105 heavy (non-hydrogen) atoms. The summed E-state index contributed by atoms with van der Waals surface area (Å²) in [6.45, 7) is 9.60. The zero-order valence-electron chi connectivity index (χ0n) is 59.1. The molecule has 0 radical (unpaired) electrons. The molecule has 28 nitrogen and oxygen atoms in total. The Hall–Kier alpha value is -9.17. The summed E-state index contributed by atoms with van der Waals surface area (Å²) in [6, 6.07) is 23.2. The van der Waals surface area contributed by atoms with Crippen molar-refractivity contribution in [3.05, 3.63) is 131 Å². The molecule has 2 saturated carbocycles. The van der Waals surface area contributed by atoms with Gasteiger partial charge < -0.3 is 69.3 Å². The zero-order valence-corrected chi connectivity index (χ0v) is 59.9. The molecule has 3 fully saturated rings. The van der Waals surface area contributed by atoms with Crippen LogP contribution >= 0.6 is 11.3 Å². The second-order valence-electron chi connectivity index (χ2n) is 27.8. The topological polar surface area (TPSA) is 381 Å². The van der Waals surface area contributed by atoms with Crippen molar-refractivity contribution in [2.24, 2.45) is 10.8 Å². The molecular weight excluding hydrogens is 1370 g/mol. The van der Waals surface area contributed by atoms with Gasteiger partial charge >= 0.3 is 18.0 Å². The highest BCUT2D eigenvalue weighted by molar-refractivity contribution is 7.22. The molecule has 8 atom stereocenters. The van der Waals surface area contributed by atoms with E-state index in [1.54, 1.807) is 67.0 Å². The van der Waals surface area contributed by atoms with Crippen molar-refractivity contribution in [3.63, 3.8) is 0 Å². The number of pyridine rings is 2. The average Bonchev–Trinajstić information content (AvgIpc) is 1.25. The number of aliphatic hydroxyl groups excluding tert-OH is 3. The Morgan fingerprint density at radius 1 is 0.752 bits per heavy atom. The number of rotatable bonds is 37. The van der Waals surface area contributed by atoms with Crippen LogP contribution in [0.5, 0.6) is 5.75 Å². The van der Waals surface area contributed by atoms with Crippen LogP contribution in [0.25, 0.3) is 43.5 Å². The van der Waals surface area contributed by atoms with E-state index in [0.29, 0.717) is 147 Å². The first-order valence-corrected chi connectivity index (χ1v) is 36.6. The number of hydrogen-bond acceptors (Lipinski definition) is 22. The van der Waals surface area contributed by atoms with Gasteiger partial charge in [-0.2, -0.15) is 5.10 Å². The van der Waals surface area contributed by atoms with Gasteiger partial charge in [0.05, 0.1) is 72.9 Å². The fraction of sp³-hybridized carbons (Fsp3) is 0.487. The van der Waals surface area contributed by atoms with E-state index in [2.05, 4.69) is 39.8 Å². The molecule has 0 spiro atoms. The molecule has 4 aromatic heterocycles. The van der Waals surface area contributed by atoms with Gasteiger partial charge in [0, 0.05) is 96.5 Å². The SMILES string of the molecule is CCCC1(OCCNC(=O)OCc2cc(CCCOCCOCCOCCNC(=O)CCCCCN3C(=O)C=CC3=O)ccc2O[C@@H]2O[C@H](C(=O)O)[C@@H](O)[C@H](O)[C@H]2O)CC2(C)CCCC(Cn3ncc(-c4ccc(-c5cnc6cccc(C(=O)Nc7nc8ccccc8s7)c6c5)nc4C(=O)O)c3C)(C2)C1. The Morgan fingerprint density at radius 2 is 1.51 bits per heavy atom. The predicted octanol–water partition coefficient (Wildman–Crippen LogP) is 8.73. The summed E-state index contributed by atoms with van der Waals surface area (Å²) in [4.78, 5) is 103. The zero-order chi connectivity index (χ0) is 74.3. The van der Waals surface area contributed by atoms with E-state index in [-0.39, 0.29) is 65.7 Å². The molecule has 2 bridgehead atoms. The van der Waals surface area contributed by atoms with Crippen molar-refractivity contribution in [2.75, 3.05) is 71.2 Å². The molecule has 560 valence electrons. The lowest BCUT2D eigenvalue weighted by molar-refractivity contribution is -0.271. The fourth-order valence-corrected chi connectivity index (χ4v) is 16.0. The third-order valence-electron chi connectivity index (χ3n) is 19.8. The number of aromatic carboxylic acids is 1. The van der Waals surface area contributed by atoms with E-state index in [1.807, 2.05) is 35.9 Å². The second kappa shape index (κ2) is 35.3. The maximum atomic E-state index is 13.8. The molecule has 6 heterocycles. The summed E-state index contributed by atoms with van der Waals surface area (Å²) in [6.07, 6.45) is 6.23. The normalized spacial score (nSPS) is 22.2. The van der Waals surface area contributed by atoms with Crippen LogP contribution in [0, 0.1) is 17.8 Å². The number of amides is 5. The Bertz CT molecular complexity index is 4250. The quantitative estimate of drug-likeness (QED) is 0.0133. The van der Waals surface area contributed by atoms with Crippen molar-refractivity contribution in [2.45, 2.75) is 160 Å². The number of benzene rings is 3. The molecular formula is C76H91N9O19S. The minimum Gasteiger partial charge on any atom is -0.479 e. The van der Waals surface area contributed by atoms with Gasteiger partial charge in [0.1, 0.15) is 30.7 Å². The number of alkyl carbamates (subject to hydrolysis) is 1. The number of imide groups is 1. The number of unbranched alkanes of at least 4 members (excludes halogenated alkanes) is 2. The lowest BCUT2D eigenvalue weighted by atomic mass is 9.51. The lowest BCUT2D eigenvalue weighted by Gasteiger charge is -2.58. The minimum atomic E-state index is -1.94. The number of ether oxygens (including phenoxy) is 7. The summed E-state index contributed by atoms with van der Waals surface area (Å²) in [5, 5.41) is 66.7. The van der Waals surface area contributed by atoms with Crippen LogP contribution in [0.1, 0.15) is 135 Å². The molecule has 2 aliphatic heterocycles. The van der Waals surface area contributed by atoms with Gasteiger partial charge in [0.25, 0.3) is 17.7 Å². The Balaban J connectivity index is 0.659. The summed E-state index contributed by atoms with van der Waals surface area (Å²) < 4.78 is 44.0. The number of hydrogen-bond donors (Lipinski definition) is 8. The van der Waals surface area contributed by atoms with Crippen molar-refractivity contribution >= 4 is 79.2 Å². The summed E-state index contributed by atoms with van der Waals surface area (Å²) in [5.41, 5.74) is 4.58. The Kier molecular flexibility index (Phi) is 25.9. The number of carboxylic acid groups (broad SMARTS) is 2. The molecule has 2 aliphatic carbocycles. The third-order valence-corrected chi connectivity index (χ3v) is 20.7. The van der Waals surface area contributed by atoms with Gasteiger partial charge in [-0.15, -0.1) is 0 Å². The third kappa shape index (κ3) is 19.5. The second-order valence-corrected chi connectivity index (χ2v) is 28.8. The smallest absolute Gasteiger partial charge is 0.407 e. The number of nitrogens with one attached hydrogen (secondary N) is 3. The van der Waals surface area contributed by atoms with Crippen molar-refractivity contribution in [3.8, 4) is 28.1 Å². The van der Waals surface area contributed by atoms with E-state index in [4.69, 9.17) is 43.2 Å². The van der Waals surface area contributed by atoms with E-state index < -0.39 is 54.3 Å². The molecule has 11 rings (SSSR count). The van der Waals surface area contributed by atoms with Crippen LogP contribution in [0.2, 0.25) is 0 Å². The van der Waals surface area contributed by atoms with E-state index in [9.17, 15) is 59.1 Å². The van der Waals surface area contributed by atoms with E-state index in [1.165, 1.54) is 28.4 Å². The highest BCUT2D eigenvalue weighted by Crippen LogP contribution is 2.61. The van der Waals surface area contributed by atoms with Gasteiger partial charge in [0.15, 0.2) is 16.9 Å². The molecule has 4 aliphatic rings.